The molecule has 1 N–H and O–H groups in total. The molecule has 2 aromatic rings. The van der Waals surface area contributed by atoms with Crippen LogP contribution >= 0.6 is 11.8 Å². The van der Waals surface area contributed by atoms with E-state index in [0.29, 0.717) is 5.16 Å². The van der Waals surface area contributed by atoms with Crippen LogP contribution in [-0.2, 0) is 10.0 Å². The Morgan fingerprint density at radius 2 is 2.17 bits per heavy atom. The lowest BCUT2D eigenvalue weighted by Gasteiger charge is -2.06. The van der Waals surface area contributed by atoms with Crippen LogP contribution in [-0.4, -0.2) is 40.6 Å². The van der Waals surface area contributed by atoms with E-state index in [0.717, 1.165) is 30.7 Å². The van der Waals surface area contributed by atoms with Gasteiger partial charge in [-0.05, 0) is 54.2 Å². The highest BCUT2D eigenvalue weighted by molar-refractivity contribution is 7.99. The van der Waals surface area contributed by atoms with Crippen molar-refractivity contribution in [3.05, 3.63) is 28.3 Å². The van der Waals surface area contributed by atoms with Crippen LogP contribution in [0.25, 0.3) is 0 Å². The Labute approximate surface area is 135 Å². The maximum Gasteiger partial charge on any atom is 0.284 e. The van der Waals surface area contributed by atoms with Crippen LogP contribution in [0.1, 0.15) is 18.9 Å². The van der Waals surface area contributed by atoms with Gasteiger partial charge in [0.2, 0.25) is 15.2 Å². The Balaban J connectivity index is 1.98. The number of sulfonamides is 1. The van der Waals surface area contributed by atoms with E-state index in [2.05, 4.69) is 20.2 Å². The molecule has 0 bridgehead atoms. The molecule has 1 aromatic heterocycles. The Morgan fingerprint density at radius 3 is 2.78 bits per heavy atom. The highest BCUT2D eigenvalue weighted by Gasteiger charge is 2.29. The first kappa shape index (κ1) is 15.8. The van der Waals surface area contributed by atoms with Crippen molar-refractivity contribution in [3.63, 3.8) is 0 Å². The molecule has 122 valence electrons. The standard InChI is InChI=1S/C11H12N6O4S2/c1-12-23(20,21)8-4-5-10(9(6-8)17(18)19)22-11-13-14-15-16(11)7-2-3-7/h4-7,12H,2-3H2,1H3. The zero-order valence-electron chi connectivity index (χ0n) is 11.9. The fourth-order valence-electron chi connectivity index (χ4n) is 1.91. The summed E-state index contributed by atoms with van der Waals surface area (Å²) in [6.45, 7) is 0. The molecule has 0 radical (unpaired) electrons. The van der Waals surface area contributed by atoms with Crippen molar-refractivity contribution in [2.45, 2.75) is 33.8 Å². The van der Waals surface area contributed by atoms with E-state index in [-0.39, 0.29) is 21.5 Å². The summed E-state index contributed by atoms with van der Waals surface area (Å²) in [4.78, 5) is 10.8. The maximum absolute atomic E-state index is 11.8. The second-order valence-electron chi connectivity index (χ2n) is 4.83. The number of nitro groups is 1. The summed E-state index contributed by atoms with van der Waals surface area (Å²) in [5, 5.41) is 23.1. The maximum atomic E-state index is 11.8. The van der Waals surface area contributed by atoms with E-state index in [4.69, 9.17) is 0 Å². The highest BCUT2D eigenvalue weighted by Crippen LogP contribution is 2.40. The lowest BCUT2D eigenvalue weighted by molar-refractivity contribution is -0.388. The van der Waals surface area contributed by atoms with Gasteiger partial charge in [-0.15, -0.1) is 5.10 Å². The monoisotopic (exact) mass is 356 g/mol. The third kappa shape index (κ3) is 3.18. The van der Waals surface area contributed by atoms with E-state index in [1.807, 2.05) is 0 Å². The third-order valence-electron chi connectivity index (χ3n) is 3.26. The molecular formula is C11H12N6O4S2. The fourth-order valence-corrected chi connectivity index (χ4v) is 3.59. The number of benzene rings is 1. The molecule has 23 heavy (non-hydrogen) atoms. The first-order chi connectivity index (χ1) is 10.9. The zero-order chi connectivity index (χ0) is 16.6. The van der Waals surface area contributed by atoms with Crippen molar-refractivity contribution in [2.75, 3.05) is 7.05 Å². The molecule has 1 heterocycles. The van der Waals surface area contributed by atoms with E-state index in [1.165, 1.54) is 19.2 Å². The second kappa shape index (κ2) is 5.86. The number of hydrogen-bond donors (Lipinski definition) is 1. The molecule has 10 nitrogen and oxygen atoms in total. The van der Waals surface area contributed by atoms with Crippen molar-refractivity contribution >= 4 is 27.5 Å². The Hall–Kier alpha value is -2.05. The number of nitro benzene ring substituents is 1. The molecule has 0 saturated heterocycles. The van der Waals surface area contributed by atoms with E-state index >= 15 is 0 Å². The molecule has 1 aliphatic carbocycles. The first-order valence-corrected chi connectivity index (χ1v) is 8.90. The Bertz CT molecular complexity index is 861. The molecule has 0 aliphatic heterocycles. The molecule has 3 rings (SSSR count). The number of hydrogen-bond acceptors (Lipinski definition) is 8. The summed E-state index contributed by atoms with van der Waals surface area (Å²) in [6, 6.07) is 3.96. The minimum absolute atomic E-state index is 0.169. The van der Waals surface area contributed by atoms with Gasteiger partial charge in [-0.1, -0.05) is 0 Å². The number of rotatable bonds is 6. The number of nitrogens with one attached hydrogen (secondary N) is 1. The summed E-state index contributed by atoms with van der Waals surface area (Å²) in [5.41, 5.74) is -0.309. The first-order valence-electron chi connectivity index (χ1n) is 6.60. The summed E-state index contributed by atoms with van der Waals surface area (Å²) >= 11 is 1.04. The molecule has 1 aromatic carbocycles. The van der Waals surface area contributed by atoms with Crippen LogP contribution in [0.2, 0.25) is 0 Å². The molecule has 0 atom stereocenters. The molecule has 0 unspecified atom stereocenters. The summed E-state index contributed by atoms with van der Waals surface area (Å²) in [7, 11) is -2.51. The average Bonchev–Trinajstić information content (AvgIpc) is 3.27. The largest absolute Gasteiger partial charge is 0.284 e. The topological polar surface area (TPSA) is 133 Å². The van der Waals surface area contributed by atoms with Crippen LogP contribution in [0.4, 0.5) is 5.69 Å². The average molecular weight is 356 g/mol. The number of nitrogens with zero attached hydrogens (tertiary/aromatic N) is 5. The highest BCUT2D eigenvalue weighted by atomic mass is 32.2. The van der Waals surface area contributed by atoms with Crippen LogP contribution in [0.3, 0.4) is 0 Å². The second-order valence-corrected chi connectivity index (χ2v) is 7.73. The van der Waals surface area contributed by atoms with Gasteiger partial charge in [0.1, 0.15) is 0 Å². The van der Waals surface area contributed by atoms with Gasteiger partial charge in [-0.3, -0.25) is 10.1 Å². The van der Waals surface area contributed by atoms with Gasteiger partial charge in [0.05, 0.1) is 20.8 Å². The quantitative estimate of drug-likeness (QED) is 0.598. The van der Waals surface area contributed by atoms with E-state index in [9.17, 15) is 18.5 Å². The molecule has 0 spiro atoms. The normalized spacial score (nSPS) is 14.8. The van der Waals surface area contributed by atoms with Gasteiger partial charge < -0.3 is 0 Å². The third-order valence-corrected chi connectivity index (χ3v) is 5.69. The van der Waals surface area contributed by atoms with Gasteiger partial charge in [-0.2, -0.15) is 0 Å². The van der Waals surface area contributed by atoms with Crippen molar-refractivity contribution in [3.8, 4) is 0 Å². The van der Waals surface area contributed by atoms with Crippen LogP contribution in [0.5, 0.6) is 0 Å². The lowest BCUT2D eigenvalue weighted by Crippen LogP contribution is -2.18. The van der Waals surface area contributed by atoms with Crippen molar-refractivity contribution in [1.82, 2.24) is 24.9 Å². The predicted molar refractivity (Wildman–Crippen MR) is 79.6 cm³/mol. The van der Waals surface area contributed by atoms with Crippen LogP contribution in [0, 0.1) is 10.1 Å². The summed E-state index contributed by atoms with van der Waals surface area (Å²) in [6.07, 6.45) is 1.94. The van der Waals surface area contributed by atoms with Gasteiger partial charge in [-0.25, -0.2) is 17.8 Å². The van der Waals surface area contributed by atoms with Crippen molar-refractivity contribution in [1.29, 1.82) is 0 Å². The number of tetrazole rings is 1. The molecule has 0 amide bonds. The van der Waals surface area contributed by atoms with Crippen LogP contribution < -0.4 is 4.72 Å². The lowest BCUT2D eigenvalue weighted by atomic mass is 10.3. The number of aromatic nitrogens is 4. The van der Waals surface area contributed by atoms with E-state index < -0.39 is 14.9 Å². The molecule has 1 saturated carbocycles. The van der Waals surface area contributed by atoms with Gasteiger partial charge in [0.25, 0.3) is 5.69 Å². The smallest absolute Gasteiger partial charge is 0.258 e. The minimum atomic E-state index is -3.75. The van der Waals surface area contributed by atoms with Crippen molar-refractivity contribution in [2.24, 2.45) is 0 Å². The molecular weight excluding hydrogens is 344 g/mol. The summed E-state index contributed by atoms with van der Waals surface area (Å²) in [5.74, 6) is 0. The molecule has 12 heteroatoms. The Morgan fingerprint density at radius 1 is 1.43 bits per heavy atom. The molecule has 1 aliphatic rings. The summed E-state index contributed by atoms with van der Waals surface area (Å²) < 4.78 is 27.3. The van der Waals surface area contributed by atoms with Gasteiger partial charge >= 0.3 is 0 Å². The zero-order valence-corrected chi connectivity index (χ0v) is 13.5. The Kier molecular flexibility index (Phi) is 4.04. The van der Waals surface area contributed by atoms with E-state index in [1.54, 1.807) is 4.68 Å². The molecule has 1 fully saturated rings. The van der Waals surface area contributed by atoms with Gasteiger partial charge in [0.15, 0.2) is 0 Å². The van der Waals surface area contributed by atoms with Gasteiger partial charge in [0, 0.05) is 6.07 Å². The van der Waals surface area contributed by atoms with Crippen molar-refractivity contribution < 1.29 is 13.3 Å². The fraction of sp³-hybridized carbons (Fsp3) is 0.364. The van der Waals surface area contributed by atoms with Crippen LogP contribution in [0.15, 0.2) is 33.1 Å². The SMILES string of the molecule is CNS(=O)(=O)c1ccc(Sc2nnnn2C2CC2)c([N+](=O)[O-])c1. The minimum Gasteiger partial charge on any atom is -0.258 e. The predicted octanol–water partition coefficient (Wildman–Crippen LogP) is 0.975.